The van der Waals surface area contributed by atoms with Crippen molar-refractivity contribution in [3.8, 4) is 22.8 Å². The second-order valence-corrected chi connectivity index (χ2v) is 5.13. The lowest BCUT2D eigenvalue weighted by molar-refractivity contribution is 0.178. The summed E-state index contributed by atoms with van der Waals surface area (Å²) in [4.78, 5) is 4.23. The number of rotatable bonds is 10. The van der Waals surface area contributed by atoms with Crippen molar-refractivity contribution in [2.45, 2.75) is 26.3 Å². The van der Waals surface area contributed by atoms with Crippen LogP contribution in [0.1, 0.15) is 19.8 Å². The first-order valence-electron chi connectivity index (χ1n) is 7.92. The first-order chi connectivity index (χ1) is 11.3. The maximum absolute atomic E-state index is 8.97. The molecule has 0 aliphatic rings. The average Bonchev–Trinajstić information content (AvgIpc) is 3.05. The van der Waals surface area contributed by atoms with Crippen molar-refractivity contribution in [2.75, 3.05) is 26.4 Å². The van der Waals surface area contributed by atoms with Crippen molar-refractivity contribution >= 4 is 0 Å². The Hall–Kier alpha value is -2.05. The number of hydrogen-bond donors (Lipinski definition) is 2. The maximum Gasteiger partial charge on any atom is 0.161 e. The summed E-state index contributed by atoms with van der Waals surface area (Å²) in [6.45, 7) is 3.33. The molecule has 0 spiro atoms. The van der Waals surface area contributed by atoms with Crippen LogP contribution in [0.4, 0.5) is 0 Å². The summed E-state index contributed by atoms with van der Waals surface area (Å²) >= 11 is 0. The van der Waals surface area contributed by atoms with Gasteiger partial charge in [0.05, 0.1) is 31.4 Å². The van der Waals surface area contributed by atoms with E-state index in [0.29, 0.717) is 11.5 Å². The van der Waals surface area contributed by atoms with Crippen LogP contribution in [0.25, 0.3) is 11.3 Å². The minimum Gasteiger partial charge on any atom is -0.487 e. The van der Waals surface area contributed by atoms with E-state index in [4.69, 9.17) is 19.7 Å². The molecule has 0 amide bonds. The van der Waals surface area contributed by atoms with Crippen LogP contribution in [0.2, 0.25) is 0 Å². The normalized spacial score (nSPS) is 10.7. The van der Waals surface area contributed by atoms with Gasteiger partial charge in [0.2, 0.25) is 0 Å². The lowest BCUT2D eigenvalue weighted by Crippen LogP contribution is -2.07. The highest BCUT2D eigenvalue weighted by atomic mass is 16.5. The molecule has 0 saturated carbocycles. The van der Waals surface area contributed by atoms with E-state index < -0.39 is 0 Å². The number of unbranched alkanes of at least 4 members (excludes halogenated alkanes) is 1. The van der Waals surface area contributed by atoms with Crippen LogP contribution < -0.4 is 9.47 Å². The van der Waals surface area contributed by atoms with E-state index in [0.717, 1.165) is 30.6 Å². The number of ether oxygens (including phenoxy) is 2. The molecule has 0 radical (unpaired) electrons. The van der Waals surface area contributed by atoms with Gasteiger partial charge in [-0.1, -0.05) is 13.3 Å². The summed E-state index contributed by atoms with van der Waals surface area (Å²) in [6, 6.07) is 5.63. The summed E-state index contributed by atoms with van der Waals surface area (Å²) in [6.07, 6.45) is 5.87. The zero-order valence-corrected chi connectivity index (χ0v) is 13.4. The molecule has 2 aromatic rings. The molecule has 0 unspecified atom stereocenters. The minimum atomic E-state index is -0.0713. The number of benzene rings is 1. The third-order valence-electron chi connectivity index (χ3n) is 3.40. The molecular formula is C17H24N2O4. The van der Waals surface area contributed by atoms with E-state index in [2.05, 4.69) is 16.5 Å². The van der Waals surface area contributed by atoms with E-state index in [1.165, 1.54) is 0 Å². The van der Waals surface area contributed by atoms with Crippen LogP contribution in [0, 0.1) is 0 Å². The molecule has 1 aromatic carbocycles. The van der Waals surface area contributed by atoms with Crippen molar-refractivity contribution in [1.82, 2.24) is 9.55 Å². The van der Waals surface area contributed by atoms with Crippen LogP contribution in [0.3, 0.4) is 0 Å². The Balaban J connectivity index is 2.26. The number of hydrogen-bond acceptors (Lipinski definition) is 5. The Morgan fingerprint density at radius 2 is 1.83 bits per heavy atom. The Labute approximate surface area is 136 Å². The minimum absolute atomic E-state index is 0.0645. The molecule has 2 rings (SSSR count). The van der Waals surface area contributed by atoms with Crippen LogP contribution in [-0.2, 0) is 6.54 Å². The highest BCUT2D eigenvalue weighted by Crippen LogP contribution is 2.33. The lowest BCUT2D eigenvalue weighted by atomic mass is 10.1. The van der Waals surface area contributed by atoms with Gasteiger partial charge in [-0.3, -0.25) is 0 Å². The van der Waals surface area contributed by atoms with E-state index in [-0.39, 0.29) is 26.4 Å². The van der Waals surface area contributed by atoms with E-state index in [1.54, 1.807) is 0 Å². The van der Waals surface area contributed by atoms with Crippen LogP contribution in [0.15, 0.2) is 30.7 Å². The van der Waals surface area contributed by atoms with Gasteiger partial charge in [-0.05, 0) is 24.6 Å². The standard InChI is InChI=1S/C17H24N2O4/c1-2-3-6-19-13-18-12-15(19)14-4-5-16(22-9-7-20)17(11-14)23-10-8-21/h4-5,11-13,20-21H,2-3,6-10H2,1H3. The molecule has 0 aliphatic carbocycles. The number of aliphatic hydroxyl groups excluding tert-OH is 2. The summed E-state index contributed by atoms with van der Waals surface area (Å²) < 4.78 is 13.1. The first kappa shape index (κ1) is 17.3. The number of nitrogens with zero attached hydrogens (tertiary/aromatic N) is 2. The van der Waals surface area contributed by atoms with Gasteiger partial charge in [-0.15, -0.1) is 0 Å². The van der Waals surface area contributed by atoms with Gasteiger partial charge in [-0.2, -0.15) is 0 Å². The molecule has 2 N–H and O–H groups in total. The summed E-state index contributed by atoms with van der Waals surface area (Å²) in [7, 11) is 0. The van der Waals surface area contributed by atoms with Gasteiger partial charge in [0, 0.05) is 12.1 Å². The number of aryl methyl sites for hydroxylation is 1. The van der Waals surface area contributed by atoms with E-state index in [1.807, 2.05) is 30.7 Å². The fraction of sp³-hybridized carbons (Fsp3) is 0.471. The van der Waals surface area contributed by atoms with Gasteiger partial charge in [0.1, 0.15) is 13.2 Å². The molecule has 126 valence electrons. The Kier molecular flexibility index (Phi) is 6.90. The van der Waals surface area contributed by atoms with Crippen molar-refractivity contribution in [2.24, 2.45) is 0 Å². The second kappa shape index (κ2) is 9.17. The average molecular weight is 320 g/mol. The quantitative estimate of drug-likeness (QED) is 0.701. The molecule has 1 aromatic heterocycles. The Morgan fingerprint density at radius 1 is 1.09 bits per heavy atom. The van der Waals surface area contributed by atoms with Gasteiger partial charge in [0.25, 0.3) is 0 Å². The molecule has 0 aliphatic heterocycles. The van der Waals surface area contributed by atoms with Gasteiger partial charge >= 0.3 is 0 Å². The molecule has 0 bridgehead atoms. The largest absolute Gasteiger partial charge is 0.487 e. The van der Waals surface area contributed by atoms with Crippen molar-refractivity contribution in [3.63, 3.8) is 0 Å². The van der Waals surface area contributed by atoms with E-state index in [9.17, 15) is 0 Å². The van der Waals surface area contributed by atoms with Crippen LogP contribution >= 0.6 is 0 Å². The molecule has 0 saturated heterocycles. The topological polar surface area (TPSA) is 76.7 Å². The molecule has 6 heteroatoms. The van der Waals surface area contributed by atoms with Crippen LogP contribution in [-0.4, -0.2) is 46.2 Å². The van der Waals surface area contributed by atoms with Gasteiger partial charge in [0.15, 0.2) is 11.5 Å². The number of aliphatic hydroxyl groups is 2. The fourth-order valence-corrected chi connectivity index (χ4v) is 2.28. The van der Waals surface area contributed by atoms with Crippen LogP contribution in [0.5, 0.6) is 11.5 Å². The number of aromatic nitrogens is 2. The lowest BCUT2D eigenvalue weighted by Gasteiger charge is -2.14. The monoisotopic (exact) mass is 320 g/mol. The van der Waals surface area contributed by atoms with E-state index >= 15 is 0 Å². The molecule has 1 heterocycles. The zero-order chi connectivity index (χ0) is 16.5. The number of imidazole rings is 1. The zero-order valence-electron chi connectivity index (χ0n) is 13.4. The van der Waals surface area contributed by atoms with Crippen molar-refractivity contribution in [1.29, 1.82) is 0 Å². The highest BCUT2D eigenvalue weighted by molar-refractivity contribution is 5.64. The predicted molar refractivity (Wildman–Crippen MR) is 87.7 cm³/mol. The summed E-state index contributed by atoms with van der Waals surface area (Å²) in [5, 5.41) is 17.9. The third kappa shape index (κ3) is 4.71. The molecule has 0 fully saturated rings. The summed E-state index contributed by atoms with van der Waals surface area (Å²) in [5.41, 5.74) is 1.99. The van der Waals surface area contributed by atoms with Gasteiger partial charge in [-0.25, -0.2) is 4.98 Å². The highest BCUT2D eigenvalue weighted by Gasteiger charge is 2.11. The van der Waals surface area contributed by atoms with Crippen molar-refractivity contribution in [3.05, 3.63) is 30.7 Å². The molecule has 6 nitrogen and oxygen atoms in total. The predicted octanol–water partition coefficient (Wildman–Crippen LogP) is 2.09. The Morgan fingerprint density at radius 3 is 2.52 bits per heavy atom. The summed E-state index contributed by atoms with van der Waals surface area (Å²) in [5.74, 6) is 1.10. The Bertz CT molecular complexity index is 598. The first-order valence-corrected chi connectivity index (χ1v) is 7.92. The SMILES string of the molecule is CCCCn1cncc1-c1ccc(OCCO)c(OCCO)c1. The maximum atomic E-state index is 8.97. The smallest absolute Gasteiger partial charge is 0.161 e. The fourth-order valence-electron chi connectivity index (χ4n) is 2.28. The van der Waals surface area contributed by atoms with Crippen molar-refractivity contribution < 1.29 is 19.7 Å². The molecular weight excluding hydrogens is 296 g/mol. The third-order valence-corrected chi connectivity index (χ3v) is 3.40. The second-order valence-electron chi connectivity index (χ2n) is 5.13. The molecule has 23 heavy (non-hydrogen) atoms. The molecule has 0 atom stereocenters. The van der Waals surface area contributed by atoms with Gasteiger partial charge < -0.3 is 24.3 Å².